The Labute approximate surface area is 327 Å². The van der Waals surface area contributed by atoms with Crippen LogP contribution in [0.2, 0.25) is 5.02 Å². The Hall–Kier alpha value is -4.20. The molecule has 0 unspecified atom stereocenters. The van der Waals surface area contributed by atoms with Crippen molar-refractivity contribution in [3.05, 3.63) is 40.4 Å². The molecule has 10 rings (SSSR count). The first-order valence-corrected chi connectivity index (χ1v) is 20.2. The summed E-state index contributed by atoms with van der Waals surface area (Å²) in [6, 6.07) is 5.85. The van der Waals surface area contributed by atoms with Gasteiger partial charge in [0, 0.05) is 80.4 Å². The van der Waals surface area contributed by atoms with Crippen molar-refractivity contribution in [2.45, 2.75) is 62.6 Å². The molecule has 0 radical (unpaired) electrons. The number of urea groups is 1. The highest BCUT2D eigenvalue weighted by Gasteiger charge is 2.76. The predicted octanol–water partition coefficient (Wildman–Crippen LogP) is 7.61. The van der Waals surface area contributed by atoms with Gasteiger partial charge in [0.2, 0.25) is 0 Å². The Kier molecular flexibility index (Phi) is 8.01. The standard InChI is InChI=1S/C39H38ClF5N8O2S/c40-25-10-23-30(29(43)28(25)22-4-5-26(42)31-27(22)24(12-46)32(47)56-31)48-34(55-20-38-7-3-9-53(38)13-21(41)11-38)49-33(23)50-8-2-1-6-36(15-50)16-51(17-36)35(54)52-18-37(19-52)14-39(37,44)45/h4-5,10,21H,1-3,6-9,11,13-20,47H2/t21-,38+/m1/s1. The summed E-state index contributed by atoms with van der Waals surface area (Å²) >= 11 is 7.84. The molecule has 2 spiro atoms. The molecule has 6 aliphatic rings. The van der Waals surface area contributed by atoms with Crippen molar-refractivity contribution < 1.29 is 31.5 Å². The fourth-order valence-electron chi connectivity index (χ4n) is 10.3. The number of alkyl halides is 3. The van der Waals surface area contributed by atoms with Crippen LogP contribution in [0, 0.1) is 33.8 Å². The van der Waals surface area contributed by atoms with Gasteiger partial charge in [-0.25, -0.2) is 26.7 Å². The number of carbonyl (C=O) groups is 1. The fraction of sp³-hybridized carbons (Fsp3) is 0.538. The molecule has 6 fully saturated rings. The minimum atomic E-state index is -2.70. The Morgan fingerprint density at radius 1 is 1.07 bits per heavy atom. The second kappa shape index (κ2) is 12.4. The highest BCUT2D eigenvalue weighted by atomic mass is 35.5. The van der Waals surface area contributed by atoms with E-state index in [2.05, 4.69) is 14.8 Å². The van der Waals surface area contributed by atoms with Crippen molar-refractivity contribution in [3.63, 3.8) is 0 Å². The number of carbonyl (C=O) groups excluding carboxylic acids is 1. The summed E-state index contributed by atoms with van der Waals surface area (Å²) in [4.78, 5) is 30.2. The molecule has 10 nitrogen and oxygen atoms in total. The highest BCUT2D eigenvalue weighted by molar-refractivity contribution is 7.23. The van der Waals surface area contributed by atoms with Crippen LogP contribution in [-0.4, -0.2) is 107 Å². The first-order chi connectivity index (χ1) is 26.7. The van der Waals surface area contributed by atoms with E-state index in [0.717, 1.165) is 50.0 Å². The van der Waals surface area contributed by atoms with E-state index in [-0.39, 0.29) is 85.9 Å². The van der Waals surface area contributed by atoms with Gasteiger partial charge in [-0.1, -0.05) is 24.1 Å². The molecule has 2 atom stereocenters. The van der Waals surface area contributed by atoms with Gasteiger partial charge in [0.25, 0.3) is 5.92 Å². The zero-order chi connectivity index (χ0) is 38.9. The van der Waals surface area contributed by atoms with Crippen molar-refractivity contribution in [3.8, 4) is 23.2 Å². The average molecular weight is 813 g/mol. The van der Waals surface area contributed by atoms with Crippen molar-refractivity contribution >= 4 is 60.8 Å². The first kappa shape index (κ1) is 36.2. The third kappa shape index (κ3) is 5.36. The van der Waals surface area contributed by atoms with Gasteiger partial charge in [-0.3, -0.25) is 4.90 Å². The van der Waals surface area contributed by atoms with E-state index in [1.165, 1.54) is 17.0 Å². The number of amides is 2. The molecule has 294 valence electrons. The summed E-state index contributed by atoms with van der Waals surface area (Å²) in [6.07, 6.45) is 3.31. The van der Waals surface area contributed by atoms with Crippen LogP contribution in [0.5, 0.6) is 6.01 Å². The smallest absolute Gasteiger partial charge is 0.320 e. The largest absolute Gasteiger partial charge is 0.461 e. The topological polar surface area (TPSA) is 115 Å². The normalized spacial score (nSPS) is 26.0. The quantitative estimate of drug-likeness (QED) is 0.205. The van der Waals surface area contributed by atoms with E-state index in [1.54, 1.807) is 11.0 Å². The Morgan fingerprint density at radius 3 is 2.59 bits per heavy atom. The molecule has 56 heavy (non-hydrogen) atoms. The van der Waals surface area contributed by atoms with Crippen molar-refractivity contribution in [2.75, 3.05) is 69.6 Å². The van der Waals surface area contributed by atoms with E-state index >= 15 is 8.78 Å². The lowest BCUT2D eigenvalue weighted by atomic mass is 9.76. The van der Waals surface area contributed by atoms with E-state index in [0.29, 0.717) is 50.3 Å². The fourth-order valence-corrected chi connectivity index (χ4v) is 11.6. The summed E-state index contributed by atoms with van der Waals surface area (Å²) in [5, 5.41) is 10.5. The lowest BCUT2D eigenvalue weighted by Gasteiger charge is -2.54. The van der Waals surface area contributed by atoms with E-state index < -0.39 is 34.7 Å². The number of likely N-dealkylation sites (tertiary alicyclic amines) is 2. The maximum atomic E-state index is 17.3. The van der Waals surface area contributed by atoms with Crippen LogP contribution in [0.15, 0.2) is 18.2 Å². The molecular formula is C39H38ClF5N8O2S. The monoisotopic (exact) mass is 812 g/mol. The maximum Gasteiger partial charge on any atom is 0.320 e. The van der Waals surface area contributed by atoms with Crippen molar-refractivity contribution in [1.29, 1.82) is 5.26 Å². The number of nitrogens with zero attached hydrogens (tertiary/aromatic N) is 7. The van der Waals surface area contributed by atoms with Crippen LogP contribution in [0.4, 0.5) is 37.6 Å². The van der Waals surface area contributed by atoms with Gasteiger partial charge in [0.15, 0.2) is 5.82 Å². The number of nitriles is 1. The number of anilines is 2. The van der Waals surface area contributed by atoms with E-state index in [4.69, 9.17) is 27.1 Å². The van der Waals surface area contributed by atoms with Crippen LogP contribution >= 0.6 is 22.9 Å². The SMILES string of the molecule is N#Cc1c(N)sc2c(F)ccc(-c3c(Cl)cc4c(N5CCCCC6(CN(C(=O)N7CC8(C7)CC8(F)F)C6)C5)nc(OC[C@@]56CCCN5C[C@H](F)C6)nc4c3F)c12. The van der Waals surface area contributed by atoms with Gasteiger partial charge in [-0.2, -0.15) is 15.2 Å². The number of aromatic nitrogens is 2. The van der Waals surface area contributed by atoms with Crippen LogP contribution in [0.1, 0.15) is 50.5 Å². The number of nitrogen functional groups attached to an aromatic ring is 1. The highest BCUT2D eigenvalue weighted by Crippen LogP contribution is 2.65. The molecule has 2 amide bonds. The average Bonchev–Trinajstić information content (AvgIpc) is 3.27. The van der Waals surface area contributed by atoms with Crippen LogP contribution in [0.25, 0.3) is 32.1 Å². The van der Waals surface area contributed by atoms with Gasteiger partial charge in [0.1, 0.15) is 41.0 Å². The third-order valence-corrected chi connectivity index (χ3v) is 14.6. The second-order valence-electron chi connectivity index (χ2n) is 16.9. The lowest BCUT2D eigenvalue weighted by Crippen LogP contribution is -2.67. The van der Waals surface area contributed by atoms with Crippen LogP contribution in [0.3, 0.4) is 0 Å². The molecule has 7 heterocycles. The van der Waals surface area contributed by atoms with E-state index in [1.807, 2.05) is 6.07 Å². The summed E-state index contributed by atoms with van der Waals surface area (Å²) in [7, 11) is 0. The van der Waals surface area contributed by atoms with Gasteiger partial charge >= 0.3 is 12.0 Å². The number of fused-ring (bicyclic) bond motifs is 3. The summed E-state index contributed by atoms with van der Waals surface area (Å²) in [6.45, 7) is 3.28. The first-order valence-electron chi connectivity index (χ1n) is 19.0. The number of hydrogen-bond acceptors (Lipinski definition) is 9. The molecule has 2 aromatic carbocycles. The predicted molar refractivity (Wildman–Crippen MR) is 202 cm³/mol. The molecular weight excluding hydrogens is 775 g/mol. The molecule has 5 aliphatic heterocycles. The van der Waals surface area contributed by atoms with Crippen LogP contribution in [-0.2, 0) is 0 Å². The number of rotatable bonds is 5. The summed E-state index contributed by atoms with van der Waals surface area (Å²) in [5.41, 5.74) is 4.26. The van der Waals surface area contributed by atoms with E-state index in [9.17, 15) is 23.2 Å². The van der Waals surface area contributed by atoms with Crippen LogP contribution < -0.4 is 15.4 Å². The number of benzene rings is 2. The third-order valence-electron chi connectivity index (χ3n) is 13.3. The Bertz CT molecular complexity index is 2380. The second-order valence-corrected chi connectivity index (χ2v) is 18.4. The summed E-state index contributed by atoms with van der Waals surface area (Å²) in [5.74, 6) is -3.72. The molecule has 1 aliphatic carbocycles. The molecule has 2 aromatic heterocycles. The molecule has 17 heteroatoms. The zero-order valence-corrected chi connectivity index (χ0v) is 31.9. The van der Waals surface area contributed by atoms with Gasteiger partial charge in [-0.05, 0) is 49.9 Å². The number of nitrogens with two attached hydrogens (primary N) is 1. The Morgan fingerprint density at radius 2 is 1.84 bits per heavy atom. The molecule has 0 bridgehead atoms. The molecule has 4 aromatic rings. The maximum absolute atomic E-state index is 17.3. The molecule has 2 N–H and O–H groups in total. The number of ether oxygens (including phenoxy) is 1. The minimum absolute atomic E-state index is 0.00553. The minimum Gasteiger partial charge on any atom is -0.461 e. The number of hydrogen-bond donors (Lipinski definition) is 1. The van der Waals surface area contributed by atoms with Gasteiger partial charge in [0.05, 0.1) is 26.2 Å². The van der Waals surface area contributed by atoms with Gasteiger partial charge in [-0.15, -0.1) is 11.3 Å². The number of thiophene rings is 1. The summed E-state index contributed by atoms with van der Waals surface area (Å²) < 4.78 is 81.1. The van der Waals surface area contributed by atoms with Crippen molar-refractivity contribution in [2.24, 2.45) is 10.8 Å². The molecule has 5 saturated heterocycles. The molecule has 1 saturated carbocycles. The number of halogens is 6. The zero-order valence-electron chi connectivity index (χ0n) is 30.3. The van der Waals surface area contributed by atoms with Crippen molar-refractivity contribution in [1.82, 2.24) is 24.7 Å². The lowest BCUT2D eigenvalue weighted by molar-refractivity contribution is -0.0340. The van der Waals surface area contributed by atoms with Gasteiger partial charge < -0.3 is 25.2 Å². The Balaban J connectivity index is 1.02.